The molecule has 4 nitrogen and oxygen atoms in total. The van der Waals surface area contributed by atoms with E-state index in [2.05, 4.69) is 115 Å². The minimum absolute atomic E-state index is 0.0648. The molecule has 0 spiro atoms. The quantitative estimate of drug-likeness (QED) is 0.312. The van der Waals surface area contributed by atoms with Crippen LogP contribution in [0.15, 0.2) is 110 Å². The Morgan fingerprint density at radius 3 is 2.15 bits per heavy atom. The summed E-state index contributed by atoms with van der Waals surface area (Å²) in [5.41, 5.74) is 1.99. The van der Waals surface area contributed by atoms with Gasteiger partial charge in [0.15, 0.2) is 0 Å². The van der Waals surface area contributed by atoms with Gasteiger partial charge < -0.3 is 8.99 Å². The van der Waals surface area contributed by atoms with Gasteiger partial charge in [-0.25, -0.2) is 4.98 Å². The predicted molar refractivity (Wildman–Crippen MR) is 141 cm³/mol. The third-order valence-corrected chi connectivity index (χ3v) is 11.4. The highest BCUT2D eigenvalue weighted by Gasteiger charge is 2.50. The maximum absolute atomic E-state index is 7.03. The van der Waals surface area contributed by atoms with Crippen LogP contribution < -0.4 is 10.4 Å². The lowest BCUT2D eigenvalue weighted by atomic mass is 10.1. The van der Waals surface area contributed by atoms with E-state index in [-0.39, 0.29) is 5.04 Å². The third-order valence-electron chi connectivity index (χ3n) is 6.41. The molecule has 0 N–H and O–H groups in total. The summed E-state index contributed by atoms with van der Waals surface area (Å²) in [5, 5.41) is 4.77. The Bertz CT molecular complexity index is 1350. The van der Waals surface area contributed by atoms with Gasteiger partial charge in [-0.05, 0) is 39.0 Å². The summed E-state index contributed by atoms with van der Waals surface area (Å²) < 4.78 is 9.09. The molecule has 2 aromatic heterocycles. The molecule has 0 aliphatic heterocycles. The van der Waals surface area contributed by atoms with Crippen molar-refractivity contribution in [3.8, 4) is 5.69 Å². The van der Waals surface area contributed by atoms with E-state index in [1.54, 1.807) is 0 Å². The Hall–Kier alpha value is -3.54. The average molecular weight is 464 g/mol. The molecule has 0 fully saturated rings. The van der Waals surface area contributed by atoms with Gasteiger partial charge in [-0.1, -0.05) is 87.5 Å². The van der Waals surface area contributed by atoms with E-state index in [9.17, 15) is 0 Å². The zero-order chi connectivity index (χ0) is 23.6. The lowest BCUT2D eigenvalue weighted by Gasteiger charge is -2.42. The van der Waals surface area contributed by atoms with Crippen molar-refractivity contribution in [1.29, 1.82) is 0 Å². The summed E-state index contributed by atoms with van der Waals surface area (Å²) in [4.78, 5) is 8.90. The van der Waals surface area contributed by atoms with Crippen LogP contribution in [-0.4, -0.2) is 22.9 Å². The lowest BCUT2D eigenvalue weighted by Crippen LogP contribution is -2.66. The highest BCUT2D eigenvalue weighted by atomic mass is 28.4. The highest BCUT2D eigenvalue weighted by molar-refractivity contribution is 6.99. The van der Waals surface area contributed by atoms with Crippen molar-refractivity contribution in [2.75, 3.05) is 0 Å². The van der Waals surface area contributed by atoms with Crippen LogP contribution >= 0.6 is 0 Å². The van der Waals surface area contributed by atoms with E-state index in [0.29, 0.717) is 6.61 Å². The van der Waals surface area contributed by atoms with E-state index in [1.807, 2.05) is 24.8 Å². The van der Waals surface area contributed by atoms with Crippen LogP contribution in [0.1, 0.15) is 26.5 Å². The fraction of sp³-hybridized carbons (Fsp3) is 0.172. The van der Waals surface area contributed by atoms with Crippen molar-refractivity contribution in [3.05, 3.63) is 116 Å². The molecule has 0 saturated heterocycles. The standard InChI is InChI=1S/C29H29N3OSi/c1-29(2,3)34(27-10-6-4-7-11-27,28-12-8-5-9-13-28)33-21-25-20-32(22-31-25)26-15-14-24-19-30-17-16-23(24)18-26/h4-20,22H,21H2,1-3H3. The number of hydrogen-bond acceptors (Lipinski definition) is 3. The average Bonchev–Trinajstić information content (AvgIpc) is 3.34. The van der Waals surface area contributed by atoms with Crippen LogP contribution in [0.3, 0.4) is 0 Å². The minimum Gasteiger partial charge on any atom is -0.401 e. The molecule has 170 valence electrons. The topological polar surface area (TPSA) is 39.9 Å². The summed E-state index contributed by atoms with van der Waals surface area (Å²) in [5.74, 6) is 0. The molecule has 0 unspecified atom stereocenters. The number of rotatable bonds is 6. The maximum Gasteiger partial charge on any atom is 0.261 e. The summed E-state index contributed by atoms with van der Waals surface area (Å²) in [6, 6.07) is 29.8. The Labute approximate surface area is 202 Å². The van der Waals surface area contributed by atoms with Crippen LogP contribution in [0, 0.1) is 0 Å². The van der Waals surface area contributed by atoms with Gasteiger partial charge in [0, 0.05) is 29.7 Å². The first-order valence-corrected chi connectivity index (χ1v) is 13.5. The normalized spacial score (nSPS) is 12.2. The second kappa shape index (κ2) is 9.01. The number of imidazole rings is 1. The first kappa shape index (κ1) is 22.3. The zero-order valence-corrected chi connectivity index (χ0v) is 20.8. The van der Waals surface area contributed by atoms with Gasteiger partial charge >= 0.3 is 0 Å². The first-order valence-electron chi connectivity index (χ1n) is 11.6. The minimum atomic E-state index is -2.59. The van der Waals surface area contributed by atoms with Gasteiger partial charge in [-0.3, -0.25) is 4.98 Å². The summed E-state index contributed by atoms with van der Waals surface area (Å²) in [6.07, 6.45) is 7.64. The molecule has 0 bridgehead atoms. The molecular weight excluding hydrogens is 434 g/mol. The molecule has 0 atom stereocenters. The number of pyridine rings is 1. The first-order chi connectivity index (χ1) is 16.5. The lowest BCUT2D eigenvalue weighted by molar-refractivity contribution is 0.282. The number of nitrogens with zero attached hydrogens (tertiary/aromatic N) is 3. The highest BCUT2D eigenvalue weighted by Crippen LogP contribution is 2.37. The van der Waals surface area contributed by atoms with E-state index >= 15 is 0 Å². The second-order valence-electron chi connectivity index (χ2n) is 9.63. The largest absolute Gasteiger partial charge is 0.401 e. The molecular formula is C29H29N3OSi. The molecule has 0 saturated carbocycles. The van der Waals surface area contributed by atoms with Crippen molar-refractivity contribution in [3.63, 3.8) is 0 Å². The summed E-state index contributed by atoms with van der Waals surface area (Å²) >= 11 is 0. The molecule has 0 aliphatic rings. The van der Waals surface area contributed by atoms with E-state index in [0.717, 1.165) is 22.2 Å². The van der Waals surface area contributed by atoms with Crippen molar-refractivity contribution >= 4 is 29.5 Å². The van der Waals surface area contributed by atoms with Gasteiger partial charge in [0.25, 0.3) is 8.32 Å². The second-order valence-corrected chi connectivity index (χ2v) is 13.9. The van der Waals surface area contributed by atoms with E-state index in [4.69, 9.17) is 9.41 Å². The van der Waals surface area contributed by atoms with Gasteiger partial charge in [-0.15, -0.1) is 0 Å². The number of aromatic nitrogens is 3. The zero-order valence-electron chi connectivity index (χ0n) is 19.8. The number of fused-ring (bicyclic) bond motifs is 1. The number of hydrogen-bond donors (Lipinski definition) is 0. The molecule has 5 aromatic rings. The summed E-state index contributed by atoms with van der Waals surface area (Å²) in [6.45, 7) is 7.34. The molecule has 34 heavy (non-hydrogen) atoms. The van der Waals surface area contributed by atoms with Gasteiger partial charge in [0.2, 0.25) is 0 Å². The van der Waals surface area contributed by atoms with Gasteiger partial charge in [-0.2, -0.15) is 0 Å². The fourth-order valence-electron chi connectivity index (χ4n) is 4.75. The third kappa shape index (κ3) is 4.09. The van der Waals surface area contributed by atoms with E-state index in [1.165, 1.54) is 10.4 Å². The van der Waals surface area contributed by atoms with E-state index < -0.39 is 8.32 Å². The molecule has 3 aromatic carbocycles. The molecule has 0 radical (unpaired) electrons. The fourth-order valence-corrected chi connectivity index (χ4v) is 9.27. The molecule has 2 heterocycles. The Kier molecular flexibility index (Phi) is 5.90. The van der Waals surface area contributed by atoms with Crippen LogP contribution in [0.2, 0.25) is 5.04 Å². The molecule has 0 aliphatic carbocycles. The van der Waals surface area contributed by atoms with Crippen molar-refractivity contribution < 1.29 is 4.43 Å². The smallest absolute Gasteiger partial charge is 0.261 e. The van der Waals surface area contributed by atoms with Crippen molar-refractivity contribution in [1.82, 2.24) is 14.5 Å². The van der Waals surface area contributed by atoms with Crippen LogP contribution in [0.25, 0.3) is 16.5 Å². The van der Waals surface area contributed by atoms with Crippen LogP contribution in [0.4, 0.5) is 0 Å². The van der Waals surface area contributed by atoms with Crippen LogP contribution in [-0.2, 0) is 11.0 Å². The van der Waals surface area contributed by atoms with Gasteiger partial charge in [0.05, 0.1) is 18.6 Å². The molecule has 5 heteroatoms. The van der Waals surface area contributed by atoms with Crippen molar-refractivity contribution in [2.24, 2.45) is 0 Å². The molecule has 0 amide bonds. The summed E-state index contributed by atoms with van der Waals surface area (Å²) in [7, 11) is -2.59. The Balaban J connectivity index is 1.49. The van der Waals surface area contributed by atoms with Gasteiger partial charge in [0.1, 0.15) is 0 Å². The number of benzene rings is 3. The van der Waals surface area contributed by atoms with Crippen LogP contribution in [0.5, 0.6) is 0 Å². The molecule has 5 rings (SSSR count). The SMILES string of the molecule is CC(C)(C)[Si](OCc1cn(-c2ccc3cnccc3c2)cn1)(c1ccccc1)c1ccccc1. The predicted octanol–water partition coefficient (Wildman–Crippen LogP) is 5.50. The Morgan fingerprint density at radius 2 is 1.50 bits per heavy atom. The Morgan fingerprint density at radius 1 is 0.824 bits per heavy atom. The monoisotopic (exact) mass is 463 g/mol. The van der Waals surface area contributed by atoms with Crippen molar-refractivity contribution in [2.45, 2.75) is 32.4 Å². The maximum atomic E-state index is 7.03.